The summed E-state index contributed by atoms with van der Waals surface area (Å²) >= 11 is 5.51. The van der Waals surface area contributed by atoms with Crippen LogP contribution >= 0.6 is 38.5 Å². The molecular formula is C15H13BrINO3. The third-order valence-corrected chi connectivity index (χ3v) is 4.31. The standard InChI is InChI=1S/C15H13BrINO3/c1-20-13-8-9(7-11(17)14(13)21-2)15(19)18-12-6-4-3-5-10(12)16/h3-8H,1-2H3,(H,18,19). The van der Waals surface area contributed by atoms with E-state index in [2.05, 4.69) is 43.8 Å². The second-order valence-corrected chi connectivity index (χ2v) is 6.14. The van der Waals surface area contributed by atoms with Crippen LogP contribution in [-0.2, 0) is 0 Å². The fourth-order valence-electron chi connectivity index (χ4n) is 1.81. The van der Waals surface area contributed by atoms with E-state index in [1.165, 1.54) is 0 Å². The van der Waals surface area contributed by atoms with Crippen molar-refractivity contribution in [2.24, 2.45) is 0 Å². The van der Waals surface area contributed by atoms with Crippen LogP contribution in [-0.4, -0.2) is 20.1 Å². The molecule has 4 nitrogen and oxygen atoms in total. The maximum Gasteiger partial charge on any atom is 0.255 e. The lowest BCUT2D eigenvalue weighted by Gasteiger charge is -2.12. The van der Waals surface area contributed by atoms with Gasteiger partial charge in [-0.2, -0.15) is 0 Å². The number of rotatable bonds is 4. The van der Waals surface area contributed by atoms with Gasteiger partial charge in [0.1, 0.15) is 0 Å². The van der Waals surface area contributed by atoms with Crippen molar-refractivity contribution in [3.05, 3.63) is 50.0 Å². The zero-order chi connectivity index (χ0) is 15.4. The summed E-state index contributed by atoms with van der Waals surface area (Å²) in [6, 6.07) is 10.9. The van der Waals surface area contributed by atoms with Crippen molar-refractivity contribution in [3.8, 4) is 11.5 Å². The van der Waals surface area contributed by atoms with Gasteiger partial charge in [0.05, 0.1) is 23.5 Å². The molecule has 0 aliphatic heterocycles. The van der Waals surface area contributed by atoms with E-state index in [0.29, 0.717) is 22.7 Å². The SMILES string of the molecule is COc1cc(C(=O)Nc2ccccc2Br)cc(I)c1OC. The van der Waals surface area contributed by atoms with Crippen molar-refractivity contribution in [1.82, 2.24) is 0 Å². The summed E-state index contributed by atoms with van der Waals surface area (Å²) in [5.74, 6) is 0.943. The molecule has 2 rings (SSSR count). The van der Waals surface area contributed by atoms with Crippen LogP contribution in [0.15, 0.2) is 40.9 Å². The number of para-hydroxylation sites is 1. The van der Waals surface area contributed by atoms with Gasteiger partial charge in [0.25, 0.3) is 5.91 Å². The van der Waals surface area contributed by atoms with Crippen LogP contribution in [0.5, 0.6) is 11.5 Å². The summed E-state index contributed by atoms with van der Waals surface area (Å²) in [6.45, 7) is 0. The summed E-state index contributed by atoms with van der Waals surface area (Å²) in [5.41, 5.74) is 1.22. The van der Waals surface area contributed by atoms with E-state index >= 15 is 0 Å². The Bertz CT molecular complexity index is 676. The minimum atomic E-state index is -0.208. The van der Waals surface area contributed by atoms with Crippen LogP contribution in [0.25, 0.3) is 0 Å². The Morgan fingerprint density at radius 1 is 1.19 bits per heavy atom. The van der Waals surface area contributed by atoms with Crippen molar-refractivity contribution in [3.63, 3.8) is 0 Å². The topological polar surface area (TPSA) is 47.6 Å². The number of hydrogen-bond donors (Lipinski definition) is 1. The molecule has 0 aliphatic carbocycles. The zero-order valence-corrected chi connectivity index (χ0v) is 15.2. The van der Waals surface area contributed by atoms with Crippen LogP contribution in [0.1, 0.15) is 10.4 Å². The highest BCUT2D eigenvalue weighted by Gasteiger charge is 2.15. The van der Waals surface area contributed by atoms with Gasteiger partial charge in [0.2, 0.25) is 0 Å². The molecule has 0 saturated carbocycles. The maximum atomic E-state index is 12.4. The third kappa shape index (κ3) is 3.68. The Balaban J connectivity index is 2.32. The Labute approximate surface area is 145 Å². The van der Waals surface area contributed by atoms with Crippen LogP contribution in [0.3, 0.4) is 0 Å². The zero-order valence-electron chi connectivity index (χ0n) is 11.4. The molecule has 0 heterocycles. The van der Waals surface area contributed by atoms with Gasteiger partial charge in [-0.1, -0.05) is 12.1 Å². The van der Waals surface area contributed by atoms with Crippen LogP contribution < -0.4 is 14.8 Å². The molecule has 21 heavy (non-hydrogen) atoms. The number of nitrogens with one attached hydrogen (secondary N) is 1. The van der Waals surface area contributed by atoms with Crippen molar-refractivity contribution in [2.75, 3.05) is 19.5 Å². The number of carbonyl (C=O) groups is 1. The monoisotopic (exact) mass is 461 g/mol. The number of methoxy groups -OCH3 is 2. The van der Waals surface area contributed by atoms with E-state index in [1.807, 2.05) is 24.3 Å². The van der Waals surface area contributed by atoms with Gasteiger partial charge in [-0.15, -0.1) is 0 Å². The second kappa shape index (κ2) is 7.13. The Kier molecular flexibility index (Phi) is 5.46. The van der Waals surface area contributed by atoms with E-state index in [0.717, 1.165) is 8.04 Å². The summed E-state index contributed by atoms with van der Waals surface area (Å²) in [7, 11) is 3.12. The molecule has 0 atom stereocenters. The summed E-state index contributed by atoms with van der Waals surface area (Å²) in [5, 5.41) is 2.86. The summed E-state index contributed by atoms with van der Waals surface area (Å²) in [6.07, 6.45) is 0. The largest absolute Gasteiger partial charge is 0.493 e. The Morgan fingerprint density at radius 2 is 1.90 bits per heavy atom. The van der Waals surface area contributed by atoms with E-state index in [9.17, 15) is 4.79 Å². The quantitative estimate of drug-likeness (QED) is 0.689. The molecule has 0 saturated heterocycles. The van der Waals surface area contributed by atoms with Crippen LogP contribution in [0.4, 0.5) is 5.69 Å². The highest BCUT2D eigenvalue weighted by atomic mass is 127. The molecule has 0 aromatic heterocycles. The number of benzene rings is 2. The predicted octanol–water partition coefficient (Wildman–Crippen LogP) is 4.32. The van der Waals surface area contributed by atoms with Gasteiger partial charge in [-0.05, 0) is 62.8 Å². The van der Waals surface area contributed by atoms with Crippen LogP contribution in [0, 0.1) is 3.57 Å². The molecule has 0 bridgehead atoms. The number of ether oxygens (including phenoxy) is 2. The summed E-state index contributed by atoms with van der Waals surface area (Å²) in [4.78, 5) is 12.4. The van der Waals surface area contributed by atoms with E-state index in [-0.39, 0.29) is 5.91 Å². The van der Waals surface area contributed by atoms with Gasteiger partial charge in [-0.25, -0.2) is 0 Å². The molecule has 110 valence electrons. The average molecular weight is 462 g/mol. The fraction of sp³-hybridized carbons (Fsp3) is 0.133. The normalized spacial score (nSPS) is 10.1. The minimum absolute atomic E-state index is 0.208. The van der Waals surface area contributed by atoms with E-state index in [4.69, 9.17) is 9.47 Å². The molecule has 0 fully saturated rings. The van der Waals surface area contributed by atoms with Gasteiger partial charge in [0.15, 0.2) is 11.5 Å². The van der Waals surface area contributed by atoms with Crippen molar-refractivity contribution < 1.29 is 14.3 Å². The molecule has 0 radical (unpaired) electrons. The van der Waals surface area contributed by atoms with Crippen molar-refractivity contribution in [1.29, 1.82) is 0 Å². The first kappa shape index (κ1) is 16.1. The molecule has 0 spiro atoms. The molecule has 6 heteroatoms. The van der Waals surface area contributed by atoms with Crippen molar-refractivity contribution >= 4 is 50.1 Å². The van der Waals surface area contributed by atoms with E-state index < -0.39 is 0 Å². The second-order valence-electron chi connectivity index (χ2n) is 4.13. The molecule has 2 aromatic carbocycles. The molecule has 0 unspecified atom stereocenters. The first-order chi connectivity index (χ1) is 10.1. The van der Waals surface area contributed by atoms with Crippen LogP contribution in [0.2, 0.25) is 0 Å². The lowest BCUT2D eigenvalue weighted by atomic mass is 10.2. The van der Waals surface area contributed by atoms with Gasteiger partial charge in [0, 0.05) is 10.0 Å². The summed E-state index contributed by atoms with van der Waals surface area (Å²) < 4.78 is 12.2. The lowest BCUT2D eigenvalue weighted by Crippen LogP contribution is -2.13. The first-order valence-corrected chi connectivity index (χ1v) is 7.91. The Morgan fingerprint density at radius 3 is 2.52 bits per heavy atom. The molecule has 1 N–H and O–H groups in total. The minimum Gasteiger partial charge on any atom is -0.493 e. The number of carbonyl (C=O) groups excluding carboxylic acids is 1. The molecule has 0 aliphatic rings. The lowest BCUT2D eigenvalue weighted by molar-refractivity contribution is 0.102. The molecule has 2 aromatic rings. The maximum absolute atomic E-state index is 12.4. The van der Waals surface area contributed by atoms with Crippen molar-refractivity contribution in [2.45, 2.75) is 0 Å². The first-order valence-electron chi connectivity index (χ1n) is 6.04. The average Bonchev–Trinajstić information content (AvgIpc) is 2.48. The number of anilines is 1. The predicted molar refractivity (Wildman–Crippen MR) is 94.4 cm³/mol. The third-order valence-electron chi connectivity index (χ3n) is 2.82. The fourth-order valence-corrected chi connectivity index (χ4v) is 3.01. The van der Waals surface area contributed by atoms with Gasteiger partial charge in [-0.3, -0.25) is 4.79 Å². The smallest absolute Gasteiger partial charge is 0.255 e. The van der Waals surface area contributed by atoms with E-state index in [1.54, 1.807) is 26.4 Å². The molecular weight excluding hydrogens is 449 g/mol. The number of hydrogen-bond acceptors (Lipinski definition) is 3. The number of halogens is 2. The number of amides is 1. The molecule has 1 amide bonds. The van der Waals surface area contributed by atoms with Gasteiger partial charge >= 0.3 is 0 Å². The Hall–Kier alpha value is -1.28. The highest BCUT2D eigenvalue weighted by Crippen LogP contribution is 2.34. The van der Waals surface area contributed by atoms with Gasteiger partial charge < -0.3 is 14.8 Å². The highest BCUT2D eigenvalue weighted by molar-refractivity contribution is 14.1.